The Kier molecular flexibility index (Phi) is 2.65. The predicted molar refractivity (Wildman–Crippen MR) is 72.6 cm³/mol. The molecule has 1 aliphatic heterocycles. The maximum absolute atomic E-state index is 6.36. The van der Waals surface area contributed by atoms with Crippen molar-refractivity contribution in [1.82, 2.24) is 10.1 Å². The first kappa shape index (κ1) is 12.1. The van der Waals surface area contributed by atoms with Crippen LogP contribution < -0.4 is 5.73 Å². The van der Waals surface area contributed by atoms with Crippen LogP contribution in [0.4, 0.5) is 0 Å². The van der Waals surface area contributed by atoms with Crippen molar-refractivity contribution in [1.29, 1.82) is 0 Å². The van der Waals surface area contributed by atoms with Crippen molar-refractivity contribution >= 4 is 0 Å². The minimum Gasteiger partial charge on any atom is -0.372 e. The molecule has 1 aromatic carbocycles. The van der Waals surface area contributed by atoms with Gasteiger partial charge in [-0.25, -0.2) is 0 Å². The number of aromatic nitrogens is 2. The lowest BCUT2D eigenvalue weighted by molar-refractivity contribution is 0.134. The van der Waals surface area contributed by atoms with E-state index in [1.165, 1.54) is 11.1 Å². The minimum absolute atomic E-state index is 0.401. The summed E-state index contributed by atoms with van der Waals surface area (Å²) in [6.45, 7) is 1.35. The van der Waals surface area contributed by atoms with E-state index < -0.39 is 5.54 Å². The van der Waals surface area contributed by atoms with E-state index in [0.717, 1.165) is 31.2 Å². The second kappa shape index (κ2) is 4.40. The van der Waals surface area contributed by atoms with Gasteiger partial charge in [-0.2, -0.15) is 4.98 Å². The Morgan fingerprint density at radius 2 is 1.90 bits per heavy atom. The van der Waals surface area contributed by atoms with Gasteiger partial charge in [0.1, 0.15) is 0 Å². The molecule has 0 bridgehead atoms. The van der Waals surface area contributed by atoms with Crippen LogP contribution in [0.25, 0.3) is 11.5 Å². The summed E-state index contributed by atoms with van der Waals surface area (Å²) in [5.41, 5.74) is 9.33. The van der Waals surface area contributed by atoms with E-state index in [-0.39, 0.29) is 0 Å². The molecule has 20 heavy (non-hydrogen) atoms. The Hall–Kier alpha value is -1.72. The summed E-state index contributed by atoms with van der Waals surface area (Å²) < 4.78 is 10.8. The van der Waals surface area contributed by atoms with Crippen LogP contribution in [0.1, 0.15) is 42.6 Å². The average molecular weight is 271 g/mol. The van der Waals surface area contributed by atoms with Gasteiger partial charge < -0.3 is 15.0 Å². The van der Waals surface area contributed by atoms with Gasteiger partial charge in [-0.3, -0.25) is 0 Å². The van der Waals surface area contributed by atoms with Gasteiger partial charge in [0, 0.05) is 5.56 Å². The zero-order chi connectivity index (χ0) is 13.6. The van der Waals surface area contributed by atoms with Gasteiger partial charge in [-0.1, -0.05) is 24.1 Å². The molecule has 1 fully saturated rings. The van der Waals surface area contributed by atoms with Crippen molar-refractivity contribution in [3.8, 4) is 11.5 Å². The molecule has 1 aromatic heterocycles. The van der Waals surface area contributed by atoms with Gasteiger partial charge in [0.15, 0.2) is 5.82 Å². The van der Waals surface area contributed by atoms with Crippen LogP contribution in [0.2, 0.25) is 0 Å². The maximum Gasteiger partial charge on any atom is 0.258 e. The van der Waals surface area contributed by atoms with Crippen molar-refractivity contribution in [2.45, 2.75) is 44.4 Å². The maximum atomic E-state index is 6.36. The van der Waals surface area contributed by atoms with Crippen molar-refractivity contribution in [3.63, 3.8) is 0 Å². The van der Waals surface area contributed by atoms with E-state index in [1.54, 1.807) is 0 Å². The molecule has 104 valence electrons. The van der Waals surface area contributed by atoms with Crippen LogP contribution in [0.3, 0.4) is 0 Å². The number of fused-ring (bicyclic) bond motifs is 1. The number of nitrogens with two attached hydrogens (primary N) is 1. The molecule has 0 radical (unpaired) electrons. The van der Waals surface area contributed by atoms with Gasteiger partial charge in [0.2, 0.25) is 0 Å². The summed E-state index contributed by atoms with van der Waals surface area (Å²) in [7, 11) is 0. The van der Waals surface area contributed by atoms with Crippen LogP contribution in [-0.4, -0.2) is 10.1 Å². The lowest BCUT2D eigenvalue weighted by Crippen LogP contribution is -2.34. The molecule has 2 N–H and O–H groups in total. The normalized spacial score (nSPS) is 20.2. The van der Waals surface area contributed by atoms with E-state index in [9.17, 15) is 0 Å². The number of hydrogen-bond donors (Lipinski definition) is 1. The molecule has 5 nitrogen and oxygen atoms in total. The third kappa shape index (κ3) is 1.85. The molecule has 2 aromatic rings. The SMILES string of the molecule is NC1(c2noc(-c3ccc4c(c3)COC4)n2)CCCC1. The molecule has 1 saturated carbocycles. The molecular formula is C15H17N3O2. The molecule has 0 unspecified atom stereocenters. The smallest absolute Gasteiger partial charge is 0.258 e. The molecule has 0 amide bonds. The van der Waals surface area contributed by atoms with Crippen LogP contribution in [0, 0.1) is 0 Å². The third-order valence-corrected chi connectivity index (χ3v) is 4.34. The number of nitrogens with zero attached hydrogens (tertiary/aromatic N) is 2. The van der Waals surface area contributed by atoms with Gasteiger partial charge >= 0.3 is 0 Å². The molecular weight excluding hydrogens is 254 g/mol. The summed E-state index contributed by atoms with van der Waals surface area (Å²) in [4.78, 5) is 4.52. The van der Waals surface area contributed by atoms with E-state index in [0.29, 0.717) is 24.9 Å². The van der Waals surface area contributed by atoms with Crippen LogP contribution in [0.5, 0.6) is 0 Å². The highest BCUT2D eigenvalue weighted by Crippen LogP contribution is 2.35. The third-order valence-electron chi connectivity index (χ3n) is 4.34. The Balaban J connectivity index is 1.68. The zero-order valence-corrected chi connectivity index (χ0v) is 11.3. The van der Waals surface area contributed by atoms with Crippen molar-refractivity contribution in [2.24, 2.45) is 5.73 Å². The van der Waals surface area contributed by atoms with Gasteiger partial charge in [-0.15, -0.1) is 0 Å². The van der Waals surface area contributed by atoms with Crippen molar-refractivity contribution in [2.75, 3.05) is 0 Å². The highest BCUT2D eigenvalue weighted by molar-refractivity contribution is 5.56. The van der Waals surface area contributed by atoms with Gasteiger partial charge in [-0.05, 0) is 36.1 Å². The Morgan fingerprint density at radius 1 is 1.10 bits per heavy atom. The molecule has 5 heteroatoms. The zero-order valence-electron chi connectivity index (χ0n) is 11.3. The Labute approximate surface area is 117 Å². The molecule has 2 aliphatic rings. The fourth-order valence-corrected chi connectivity index (χ4v) is 3.08. The van der Waals surface area contributed by atoms with Crippen LogP contribution in [-0.2, 0) is 23.5 Å². The first-order valence-corrected chi connectivity index (χ1v) is 7.08. The highest BCUT2D eigenvalue weighted by atomic mass is 16.5. The molecule has 0 spiro atoms. The van der Waals surface area contributed by atoms with Gasteiger partial charge in [0.25, 0.3) is 5.89 Å². The fraction of sp³-hybridized carbons (Fsp3) is 0.467. The average Bonchev–Trinajstić information content (AvgIpc) is 3.18. The van der Waals surface area contributed by atoms with Gasteiger partial charge in [0.05, 0.1) is 18.8 Å². The predicted octanol–water partition coefficient (Wildman–Crippen LogP) is 2.49. The lowest BCUT2D eigenvalue weighted by Gasteiger charge is -2.17. The molecule has 4 rings (SSSR count). The van der Waals surface area contributed by atoms with E-state index >= 15 is 0 Å². The summed E-state index contributed by atoms with van der Waals surface area (Å²) in [6, 6.07) is 6.13. The molecule has 0 atom stereocenters. The monoisotopic (exact) mass is 271 g/mol. The number of rotatable bonds is 2. The summed E-state index contributed by atoms with van der Waals surface area (Å²) >= 11 is 0. The standard InChI is InChI=1S/C15H17N3O2/c16-15(5-1-2-6-15)14-17-13(20-18-14)10-3-4-11-8-19-9-12(11)7-10/h3-4,7H,1-2,5-6,8-9,16H2. The van der Waals surface area contributed by atoms with Crippen molar-refractivity contribution < 1.29 is 9.26 Å². The number of benzene rings is 1. The van der Waals surface area contributed by atoms with Crippen LogP contribution >= 0.6 is 0 Å². The fourth-order valence-electron chi connectivity index (χ4n) is 3.08. The van der Waals surface area contributed by atoms with E-state index in [1.807, 2.05) is 6.07 Å². The first-order valence-electron chi connectivity index (χ1n) is 7.08. The summed E-state index contributed by atoms with van der Waals surface area (Å²) in [5.74, 6) is 1.19. The first-order chi connectivity index (χ1) is 9.74. The largest absolute Gasteiger partial charge is 0.372 e. The lowest BCUT2D eigenvalue weighted by atomic mass is 9.98. The number of hydrogen-bond acceptors (Lipinski definition) is 5. The van der Waals surface area contributed by atoms with E-state index in [4.69, 9.17) is 15.0 Å². The topological polar surface area (TPSA) is 74.2 Å². The summed E-state index contributed by atoms with van der Waals surface area (Å²) in [5, 5.41) is 4.10. The second-order valence-corrected chi connectivity index (χ2v) is 5.76. The molecule has 2 heterocycles. The Morgan fingerprint density at radius 3 is 2.75 bits per heavy atom. The summed E-state index contributed by atoms with van der Waals surface area (Å²) in [6.07, 6.45) is 4.14. The Bertz CT molecular complexity index is 644. The molecule has 0 saturated heterocycles. The van der Waals surface area contributed by atoms with Crippen LogP contribution in [0.15, 0.2) is 22.7 Å². The number of ether oxygens (including phenoxy) is 1. The van der Waals surface area contributed by atoms with Crippen molar-refractivity contribution in [3.05, 3.63) is 35.2 Å². The highest BCUT2D eigenvalue weighted by Gasteiger charge is 2.36. The minimum atomic E-state index is -0.401. The molecule has 1 aliphatic carbocycles. The second-order valence-electron chi connectivity index (χ2n) is 5.76. The quantitative estimate of drug-likeness (QED) is 0.908. The van der Waals surface area contributed by atoms with E-state index in [2.05, 4.69) is 22.3 Å².